The molecule has 1 rings (SSSR count). The highest BCUT2D eigenvalue weighted by molar-refractivity contribution is 5.28. The van der Waals surface area contributed by atoms with Crippen molar-refractivity contribution in [2.24, 2.45) is 0 Å². The third-order valence-electron chi connectivity index (χ3n) is 3.04. The monoisotopic (exact) mass is 275 g/mol. The number of ether oxygens (including phenoxy) is 1. The molecule has 0 aliphatic carbocycles. The van der Waals surface area contributed by atoms with E-state index in [0.29, 0.717) is 0 Å². The van der Waals surface area contributed by atoms with Crippen molar-refractivity contribution in [1.29, 1.82) is 0 Å². The van der Waals surface area contributed by atoms with Crippen LogP contribution >= 0.6 is 0 Å². The number of unbranched alkanes of at least 4 members (excludes halogenated alkanes) is 3. The van der Waals surface area contributed by atoms with Gasteiger partial charge in [-0.2, -0.15) is 0 Å². The van der Waals surface area contributed by atoms with Gasteiger partial charge in [0.2, 0.25) is 0 Å². The van der Waals surface area contributed by atoms with Crippen molar-refractivity contribution in [1.82, 2.24) is 5.32 Å². The normalized spacial score (nSPS) is 11.3. The molecule has 0 spiro atoms. The van der Waals surface area contributed by atoms with Crippen molar-refractivity contribution in [3.63, 3.8) is 0 Å². The lowest BCUT2D eigenvalue weighted by molar-refractivity contribution is 0.305. The van der Waals surface area contributed by atoms with Crippen LogP contribution in [0.25, 0.3) is 0 Å². The average Bonchev–Trinajstić information content (AvgIpc) is 2.40. The first-order valence-electron chi connectivity index (χ1n) is 7.59. The molecule has 20 heavy (non-hydrogen) atoms. The van der Waals surface area contributed by atoms with E-state index in [1.807, 2.05) is 12.1 Å². The van der Waals surface area contributed by atoms with Crippen LogP contribution in [0.5, 0.6) is 5.75 Å². The maximum Gasteiger partial charge on any atom is 0.119 e. The maximum atomic E-state index is 5.81. The largest absolute Gasteiger partial charge is 0.494 e. The van der Waals surface area contributed by atoms with Gasteiger partial charge in [0.25, 0.3) is 0 Å². The van der Waals surface area contributed by atoms with Gasteiger partial charge in [0.15, 0.2) is 0 Å². The standard InChI is InChI=1S/C18H29NO/c1-5-6-7-8-9-13-20-17-12-10-11-16(14-17)15-19-18(2,3)4/h5,10-12,14,19H,1,6-9,13,15H2,2-4H3. The number of allylic oxidation sites excluding steroid dienone is 1. The highest BCUT2D eigenvalue weighted by Crippen LogP contribution is 2.15. The average molecular weight is 275 g/mol. The first-order valence-corrected chi connectivity index (χ1v) is 7.59. The molecular formula is C18H29NO. The Morgan fingerprint density at radius 1 is 1.20 bits per heavy atom. The molecule has 2 heteroatoms. The second-order valence-electron chi connectivity index (χ2n) is 6.24. The molecule has 0 unspecified atom stereocenters. The summed E-state index contributed by atoms with van der Waals surface area (Å²) < 4.78 is 5.81. The Bertz CT molecular complexity index is 393. The van der Waals surface area contributed by atoms with Gasteiger partial charge in [-0.3, -0.25) is 0 Å². The van der Waals surface area contributed by atoms with E-state index in [4.69, 9.17) is 4.74 Å². The molecule has 1 aromatic carbocycles. The molecule has 0 fully saturated rings. The summed E-state index contributed by atoms with van der Waals surface area (Å²) in [5, 5.41) is 3.49. The smallest absolute Gasteiger partial charge is 0.119 e. The SMILES string of the molecule is C=CCCCCCOc1cccc(CNC(C)(C)C)c1. The van der Waals surface area contributed by atoms with Gasteiger partial charge in [-0.25, -0.2) is 0 Å². The zero-order valence-electron chi connectivity index (χ0n) is 13.2. The van der Waals surface area contributed by atoms with E-state index in [1.54, 1.807) is 0 Å². The van der Waals surface area contributed by atoms with Crippen LogP contribution < -0.4 is 10.1 Å². The Labute approximate surface area is 124 Å². The van der Waals surface area contributed by atoms with E-state index < -0.39 is 0 Å². The Balaban J connectivity index is 2.30. The van der Waals surface area contributed by atoms with Crippen LogP contribution in [0.1, 0.15) is 52.0 Å². The van der Waals surface area contributed by atoms with Crippen molar-refractivity contribution in [3.05, 3.63) is 42.5 Å². The maximum absolute atomic E-state index is 5.81. The molecule has 1 N–H and O–H groups in total. The van der Waals surface area contributed by atoms with E-state index in [2.05, 4.69) is 50.9 Å². The zero-order valence-corrected chi connectivity index (χ0v) is 13.2. The van der Waals surface area contributed by atoms with Crippen molar-refractivity contribution in [2.45, 2.75) is 58.5 Å². The van der Waals surface area contributed by atoms with E-state index in [-0.39, 0.29) is 5.54 Å². The summed E-state index contributed by atoms with van der Waals surface area (Å²) in [6.45, 7) is 11.9. The predicted molar refractivity (Wildman–Crippen MR) is 87.2 cm³/mol. The van der Waals surface area contributed by atoms with Crippen LogP contribution in [-0.2, 0) is 6.54 Å². The molecule has 0 heterocycles. The minimum atomic E-state index is 0.141. The summed E-state index contributed by atoms with van der Waals surface area (Å²) >= 11 is 0. The Hall–Kier alpha value is -1.28. The second kappa shape index (κ2) is 8.80. The number of hydrogen-bond donors (Lipinski definition) is 1. The molecule has 0 aliphatic heterocycles. The summed E-state index contributed by atoms with van der Waals surface area (Å²) in [5.74, 6) is 0.974. The quantitative estimate of drug-likeness (QED) is 0.521. The van der Waals surface area contributed by atoms with Crippen molar-refractivity contribution < 1.29 is 4.74 Å². The molecule has 0 saturated carbocycles. The van der Waals surface area contributed by atoms with Crippen molar-refractivity contribution >= 4 is 0 Å². The summed E-state index contributed by atoms with van der Waals surface area (Å²) in [6.07, 6.45) is 6.61. The molecule has 0 aromatic heterocycles. The van der Waals surface area contributed by atoms with Gasteiger partial charge >= 0.3 is 0 Å². The Morgan fingerprint density at radius 3 is 2.70 bits per heavy atom. The van der Waals surface area contributed by atoms with Crippen molar-refractivity contribution in [2.75, 3.05) is 6.61 Å². The summed E-state index contributed by atoms with van der Waals surface area (Å²) in [6, 6.07) is 8.36. The van der Waals surface area contributed by atoms with Gasteiger partial charge in [0.05, 0.1) is 6.61 Å². The van der Waals surface area contributed by atoms with E-state index in [9.17, 15) is 0 Å². The van der Waals surface area contributed by atoms with E-state index in [1.165, 1.54) is 18.4 Å². The Kier molecular flexibility index (Phi) is 7.38. The summed E-state index contributed by atoms with van der Waals surface area (Å²) in [4.78, 5) is 0. The van der Waals surface area contributed by atoms with Gasteiger partial charge < -0.3 is 10.1 Å². The molecule has 0 amide bonds. The topological polar surface area (TPSA) is 21.3 Å². The second-order valence-corrected chi connectivity index (χ2v) is 6.24. The van der Waals surface area contributed by atoms with Gasteiger partial charge in [-0.1, -0.05) is 18.2 Å². The van der Waals surface area contributed by atoms with Gasteiger partial charge in [0, 0.05) is 12.1 Å². The molecule has 1 aromatic rings. The van der Waals surface area contributed by atoms with E-state index >= 15 is 0 Å². The van der Waals surface area contributed by atoms with E-state index in [0.717, 1.165) is 31.7 Å². The van der Waals surface area contributed by atoms with Crippen LogP contribution in [0.4, 0.5) is 0 Å². The number of nitrogens with one attached hydrogen (secondary N) is 1. The predicted octanol–water partition coefficient (Wildman–Crippen LogP) is 4.70. The molecule has 2 nitrogen and oxygen atoms in total. The number of hydrogen-bond acceptors (Lipinski definition) is 2. The van der Waals surface area contributed by atoms with Gasteiger partial charge in [0.1, 0.15) is 5.75 Å². The summed E-state index contributed by atoms with van der Waals surface area (Å²) in [7, 11) is 0. The van der Waals surface area contributed by atoms with Crippen LogP contribution in [0, 0.1) is 0 Å². The summed E-state index contributed by atoms with van der Waals surface area (Å²) in [5.41, 5.74) is 1.41. The molecule has 0 atom stereocenters. The first-order chi connectivity index (χ1) is 9.51. The molecule has 0 bridgehead atoms. The third kappa shape index (κ3) is 8.00. The fourth-order valence-corrected chi connectivity index (χ4v) is 1.87. The third-order valence-corrected chi connectivity index (χ3v) is 3.04. The van der Waals surface area contributed by atoms with Gasteiger partial charge in [-0.05, 0) is 64.2 Å². The number of rotatable bonds is 9. The highest BCUT2D eigenvalue weighted by atomic mass is 16.5. The lowest BCUT2D eigenvalue weighted by Gasteiger charge is -2.20. The fraction of sp³-hybridized carbons (Fsp3) is 0.556. The Morgan fingerprint density at radius 2 is 2.00 bits per heavy atom. The molecule has 0 aliphatic rings. The first kappa shape index (κ1) is 16.8. The molecule has 0 saturated heterocycles. The fourth-order valence-electron chi connectivity index (χ4n) is 1.87. The van der Waals surface area contributed by atoms with Crippen molar-refractivity contribution in [3.8, 4) is 5.75 Å². The van der Waals surface area contributed by atoms with Crippen LogP contribution in [0.3, 0.4) is 0 Å². The zero-order chi connectivity index (χ0) is 14.8. The van der Waals surface area contributed by atoms with Gasteiger partial charge in [-0.15, -0.1) is 6.58 Å². The minimum Gasteiger partial charge on any atom is -0.494 e. The van der Waals surface area contributed by atoms with Crippen LogP contribution in [0.2, 0.25) is 0 Å². The minimum absolute atomic E-state index is 0.141. The molecular weight excluding hydrogens is 246 g/mol. The lowest BCUT2D eigenvalue weighted by atomic mass is 10.1. The van der Waals surface area contributed by atoms with Crippen LogP contribution in [-0.4, -0.2) is 12.1 Å². The molecule has 0 radical (unpaired) electrons. The lowest BCUT2D eigenvalue weighted by Crippen LogP contribution is -2.35. The van der Waals surface area contributed by atoms with Crippen LogP contribution in [0.15, 0.2) is 36.9 Å². The highest BCUT2D eigenvalue weighted by Gasteiger charge is 2.08. The molecule has 112 valence electrons. The number of benzene rings is 1.